The predicted molar refractivity (Wildman–Crippen MR) is 110 cm³/mol. The zero-order valence-corrected chi connectivity index (χ0v) is 16.5. The number of amides is 1. The van der Waals surface area contributed by atoms with E-state index in [1.54, 1.807) is 6.20 Å². The zero-order chi connectivity index (χ0) is 18.6. The number of carbonyl (C=O) groups excluding carboxylic acids is 1. The number of benzene rings is 1. The Bertz CT molecular complexity index is 786. The molecule has 0 bridgehead atoms. The average Bonchev–Trinajstić information content (AvgIpc) is 2.75. The molecule has 2 aromatic rings. The quantitative estimate of drug-likeness (QED) is 0.809. The molecule has 1 aromatic carbocycles. The molecule has 3 heterocycles. The lowest BCUT2D eigenvalue weighted by Crippen LogP contribution is -2.47. The van der Waals surface area contributed by atoms with Crippen molar-refractivity contribution in [1.29, 1.82) is 0 Å². The topological polar surface area (TPSA) is 52.6 Å². The molecule has 0 atom stereocenters. The number of piperazine rings is 1. The number of rotatable bonds is 3. The summed E-state index contributed by atoms with van der Waals surface area (Å²) in [5, 5.41) is 0. The summed E-state index contributed by atoms with van der Waals surface area (Å²) in [5.41, 5.74) is 1.61. The van der Waals surface area contributed by atoms with Crippen LogP contribution in [0.2, 0.25) is 0 Å². The predicted octanol–water partition coefficient (Wildman–Crippen LogP) is 2.08. The lowest BCUT2D eigenvalue weighted by atomic mass is 10.2. The fraction of sp³-hybridized carbons (Fsp3) is 0.450. The minimum Gasteiger partial charge on any atom is -0.354 e. The van der Waals surface area contributed by atoms with Gasteiger partial charge in [0.2, 0.25) is 0 Å². The van der Waals surface area contributed by atoms with Crippen LogP contribution in [0.1, 0.15) is 10.4 Å². The molecule has 2 saturated heterocycles. The maximum atomic E-state index is 13.2. The molecule has 142 valence electrons. The van der Waals surface area contributed by atoms with Gasteiger partial charge < -0.3 is 14.7 Å². The molecular weight excluding hydrogens is 358 g/mol. The first kappa shape index (κ1) is 18.3. The summed E-state index contributed by atoms with van der Waals surface area (Å²) in [6.45, 7) is 5.16. The van der Waals surface area contributed by atoms with Gasteiger partial charge >= 0.3 is 0 Å². The van der Waals surface area contributed by atoms with Crippen molar-refractivity contribution in [3.63, 3.8) is 0 Å². The number of hydrogen-bond donors (Lipinski definition) is 0. The largest absolute Gasteiger partial charge is 0.354 e. The highest BCUT2D eigenvalue weighted by Gasteiger charge is 2.27. The lowest BCUT2D eigenvalue weighted by molar-refractivity contribution is 0.0664. The Balaban J connectivity index is 1.68. The van der Waals surface area contributed by atoms with E-state index in [1.165, 1.54) is 0 Å². The molecule has 7 heteroatoms. The molecule has 0 radical (unpaired) electrons. The van der Waals surface area contributed by atoms with Crippen LogP contribution in [-0.4, -0.2) is 83.5 Å². The third kappa shape index (κ3) is 4.09. The molecule has 0 aliphatic carbocycles. The molecule has 4 rings (SSSR count). The molecule has 0 unspecified atom stereocenters. The zero-order valence-electron chi connectivity index (χ0n) is 15.7. The lowest BCUT2D eigenvalue weighted by Gasteiger charge is -2.34. The van der Waals surface area contributed by atoms with Gasteiger partial charge in [-0.05, 0) is 7.05 Å². The van der Waals surface area contributed by atoms with E-state index < -0.39 is 0 Å². The molecule has 0 spiro atoms. The Labute approximate surface area is 164 Å². The van der Waals surface area contributed by atoms with Crippen molar-refractivity contribution in [3.05, 3.63) is 42.1 Å². The molecule has 2 fully saturated rings. The van der Waals surface area contributed by atoms with Gasteiger partial charge in [-0.25, -0.2) is 9.97 Å². The molecule has 0 N–H and O–H groups in total. The maximum absolute atomic E-state index is 13.2. The summed E-state index contributed by atoms with van der Waals surface area (Å²) >= 11 is 1.95. The second kappa shape index (κ2) is 8.27. The van der Waals surface area contributed by atoms with Crippen LogP contribution in [0.15, 0.2) is 36.5 Å². The van der Waals surface area contributed by atoms with Crippen LogP contribution in [0.5, 0.6) is 0 Å². The van der Waals surface area contributed by atoms with E-state index in [-0.39, 0.29) is 5.91 Å². The van der Waals surface area contributed by atoms with E-state index in [1.807, 2.05) is 47.0 Å². The first-order valence-corrected chi connectivity index (χ1v) is 10.6. The van der Waals surface area contributed by atoms with Gasteiger partial charge in [0.15, 0.2) is 5.82 Å². The van der Waals surface area contributed by atoms with Gasteiger partial charge in [-0.1, -0.05) is 30.3 Å². The molecular formula is C20H25N5OS. The van der Waals surface area contributed by atoms with Crippen LogP contribution in [0.4, 0.5) is 5.82 Å². The average molecular weight is 384 g/mol. The molecule has 2 aliphatic heterocycles. The second-order valence-electron chi connectivity index (χ2n) is 6.99. The van der Waals surface area contributed by atoms with E-state index in [9.17, 15) is 4.79 Å². The summed E-state index contributed by atoms with van der Waals surface area (Å²) in [5.74, 6) is 3.64. The van der Waals surface area contributed by atoms with Crippen LogP contribution in [0.3, 0.4) is 0 Å². The fourth-order valence-electron chi connectivity index (χ4n) is 3.45. The fourth-order valence-corrected chi connectivity index (χ4v) is 4.35. The van der Waals surface area contributed by atoms with Crippen molar-refractivity contribution < 1.29 is 4.79 Å². The van der Waals surface area contributed by atoms with Crippen LogP contribution in [0, 0.1) is 0 Å². The van der Waals surface area contributed by atoms with Crippen molar-refractivity contribution in [2.24, 2.45) is 0 Å². The third-order valence-corrected chi connectivity index (χ3v) is 6.07. The van der Waals surface area contributed by atoms with Crippen LogP contribution in [-0.2, 0) is 0 Å². The van der Waals surface area contributed by atoms with E-state index in [4.69, 9.17) is 4.98 Å². The van der Waals surface area contributed by atoms with E-state index in [2.05, 4.69) is 21.8 Å². The minimum atomic E-state index is 0.0518. The Hall–Kier alpha value is -2.12. The Morgan fingerprint density at radius 3 is 2.41 bits per heavy atom. The molecule has 1 aromatic heterocycles. The highest BCUT2D eigenvalue weighted by Crippen LogP contribution is 2.26. The van der Waals surface area contributed by atoms with E-state index in [0.29, 0.717) is 11.4 Å². The Morgan fingerprint density at radius 2 is 1.70 bits per heavy atom. The third-order valence-electron chi connectivity index (χ3n) is 5.13. The van der Waals surface area contributed by atoms with Gasteiger partial charge in [-0.3, -0.25) is 4.79 Å². The smallest absolute Gasteiger partial charge is 0.259 e. The van der Waals surface area contributed by atoms with E-state index in [0.717, 1.165) is 62.2 Å². The normalized spacial score (nSPS) is 18.6. The number of aromatic nitrogens is 2. The van der Waals surface area contributed by atoms with Crippen molar-refractivity contribution in [2.75, 3.05) is 62.7 Å². The van der Waals surface area contributed by atoms with Crippen molar-refractivity contribution in [2.45, 2.75) is 0 Å². The van der Waals surface area contributed by atoms with Crippen molar-refractivity contribution in [3.8, 4) is 11.4 Å². The maximum Gasteiger partial charge on any atom is 0.259 e. The molecule has 6 nitrogen and oxygen atoms in total. The van der Waals surface area contributed by atoms with Crippen LogP contribution >= 0.6 is 11.8 Å². The highest BCUT2D eigenvalue weighted by atomic mass is 32.2. The van der Waals surface area contributed by atoms with Crippen LogP contribution in [0.25, 0.3) is 11.4 Å². The van der Waals surface area contributed by atoms with Gasteiger partial charge in [0.05, 0.1) is 0 Å². The van der Waals surface area contributed by atoms with Gasteiger partial charge in [-0.2, -0.15) is 11.8 Å². The summed E-state index contributed by atoms with van der Waals surface area (Å²) in [4.78, 5) is 29.0. The highest BCUT2D eigenvalue weighted by molar-refractivity contribution is 7.99. The first-order chi connectivity index (χ1) is 13.2. The standard InChI is InChI=1S/C20H25N5OS/c1-23-7-9-25(10-8-23)20(26)17-15-21-18(16-5-3-2-4-6-16)22-19(17)24-11-13-27-14-12-24/h2-6,15H,7-14H2,1H3. The number of nitrogens with zero attached hydrogens (tertiary/aromatic N) is 5. The number of thioether (sulfide) groups is 1. The Morgan fingerprint density at radius 1 is 1.00 bits per heavy atom. The number of anilines is 1. The van der Waals surface area contributed by atoms with E-state index >= 15 is 0 Å². The SMILES string of the molecule is CN1CCN(C(=O)c2cnc(-c3ccccc3)nc2N2CCSCC2)CC1. The summed E-state index contributed by atoms with van der Waals surface area (Å²) in [6, 6.07) is 9.97. The van der Waals surface area contributed by atoms with Gasteiger partial charge in [-0.15, -0.1) is 0 Å². The van der Waals surface area contributed by atoms with Crippen molar-refractivity contribution >= 4 is 23.5 Å². The molecule has 0 saturated carbocycles. The molecule has 2 aliphatic rings. The monoisotopic (exact) mass is 383 g/mol. The number of hydrogen-bond acceptors (Lipinski definition) is 6. The number of likely N-dealkylation sites (N-methyl/N-ethyl adjacent to an activating group) is 1. The minimum absolute atomic E-state index is 0.0518. The van der Waals surface area contributed by atoms with Gasteiger partial charge in [0, 0.05) is 62.5 Å². The Kier molecular flexibility index (Phi) is 5.59. The first-order valence-electron chi connectivity index (χ1n) is 9.45. The molecule has 1 amide bonds. The van der Waals surface area contributed by atoms with Gasteiger partial charge in [0.25, 0.3) is 5.91 Å². The summed E-state index contributed by atoms with van der Waals surface area (Å²) < 4.78 is 0. The summed E-state index contributed by atoms with van der Waals surface area (Å²) in [6.07, 6.45) is 1.73. The molecule has 27 heavy (non-hydrogen) atoms. The summed E-state index contributed by atoms with van der Waals surface area (Å²) in [7, 11) is 2.09. The van der Waals surface area contributed by atoms with Crippen molar-refractivity contribution in [1.82, 2.24) is 19.8 Å². The van der Waals surface area contributed by atoms with Crippen LogP contribution < -0.4 is 4.90 Å². The van der Waals surface area contributed by atoms with Gasteiger partial charge in [0.1, 0.15) is 11.4 Å². The second-order valence-corrected chi connectivity index (χ2v) is 8.22. The number of carbonyl (C=O) groups is 1.